The molecule has 2 radical (unpaired) electrons. The van der Waals surface area contributed by atoms with Crippen molar-refractivity contribution in [1.82, 2.24) is 5.32 Å². The van der Waals surface area contributed by atoms with E-state index in [1.165, 1.54) is 0 Å². The van der Waals surface area contributed by atoms with Crippen LogP contribution in [0.25, 0.3) is 0 Å². The number of benzene rings is 1. The van der Waals surface area contributed by atoms with Crippen LogP contribution in [0.2, 0.25) is 0 Å². The van der Waals surface area contributed by atoms with E-state index < -0.39 is 6.16 Å². The second-order valence-electron chi connectivity index (χ2n) is 3.15. The van der Waals surface area contributed by atoms with Crippen LogP contribution in [-0.4, -0.2) is 34.2 Å². The molecule has 4 nitrogen and oxygen atoms in total. The summed E-state index contributed by atoms with van der Waals surface area (Å²) >= 11 is 0. The highest BCUT2D eigenvalue weighted by molar-refractivity contribution is 6.08. The Balaban J connectivity index is 2.37. The van der Waals surface area contributed by atoms with Crippen molar-refractivity contribution >= 4 is 14.0 Å². The standard InChI is InChI=1S/C11H14BNO3/c1-13-6-7-15-11(14)16-10-4-2-9(8-12)3-5-10/h2-5,13H,6-8H2,1H3. The Hall–Kier alpha value is -1.49. The Morgan fingerprint density at radius 2 is 2.06 bits per heavy atom. The first-order chi connectivity index (χ1) is 7.76. The summed E-state index contributed by atoms with van der Waals surface area (Å²) in [4.78, 5) is 11.1. The number of hydrogen-bond donors (Lipinski definition) is 1. The van der Waals surface area contributed by atoms with Gasteiger partial charge in [-0.05, 0) is 19.2 Å². The van der Waals surface area contributed by atoms with Crippen LogP contribution in [0.15, 0.2) is 24.3 Å². The van der Waals surface area contributed by atoms with Crippen LogP contribution < -0.4 is 10.1 Å². The summed E-state index contributed by atoms with van der Waals surface area (Å²) in [6, 6.07) is 6.97. The molecular weight excluding hydrogens is 205 g/mol. The molecule has 84 valence electrons. The largest absolute Gasteiger partial charge is 0.513 e. The molecule has 16 heavy (non-hydrogen) atoms. The zero-order chi connectivity index (χ0) is 11.8. The minimum atomic E-state index is -0.698. The van der Waals surface area contributed by atoms with E-state index >= 15 is 0 Å². The first-order valence-electron chi connectivity index (χ1n) is 5.04. The van der Waals surface area contributed by atoms with Crippen molar-refractivity contribution in [2.24, 2.45) is 0 Å². The monoisotopic (exact) mass is 219 g/mol. The van der Waals surface area contributed by atoms with Crippen LogP contribution in [0.3, 0.4) is 0 Å². The van der Waals surface area contributed by atoms with E-state index in [1.54, 1.807) is 31.3 Å². The first kappa shape index (κ1) is 12.6. The maximum absolute atomic E-state index is 11.1. The van der Waals surface area contributed by atoms with Gasteiger partial charge in [0.15, 0.2) is 0 Å². The fraction of sp³-hybridized carbons (Fsp3) is 0.364. The summed E-state index contributed by atoms with van der Waals surface area (Å²) in [7, 11) is 7.22. The topological polar surface area (TPSA) is 47.6 Å². The highest BCUT2D eigenvalue weighted by Crippen LogP contribution is 2.12. The lowest BCUT2D eigenvalue weighted by atomic mass is 9.97. The molecule has 5 heteroatoms. The summed E-state index contributed by atoms with van der Waals surface area (Å²) in [6.07, 6.45) is -0.233. The predicted octanol–water partition coefficient (Wildman–Crippen LogP) is 1.09. The van der Waals surface area contributed by atoms with Crippen LogP contribution in [0.5, 0.6) is 5.75 Å². The second-order valence-corrected chi connectivity index (χ2v) is 3.15. The smallest absolute Gasteiger partial charge is 0.433 e. The number of rotatable bonds is 5. The Kier molecular flexibility index (Phi) is 5.43. The van der Waals surface area contributed by atoms with Crippen LogP contribution in [0.1, 0.15) is 5.56 Å². The zero-order valence-corrected chi connectivity index (χ0v) is 9.23. The molecule has 0 saturated heterocycles. The quantitative estimate of drug-likeness (QED) is 0.348. The lowest BCUT2D eigenvalue weighted by Gasteiger charge is -2.05. The Bertz CT molecular complexity index is 327. The van der Waals surface area contributed by atoms with Gasteiger partial charge >= 0.3 is 6.16 Å². The van der Waals surface area contributed by atoms with E-state index in [2.05, 4.69) is 5.32 Å². The molecule has 1 N–H and O–H groups in total. The maximum atomic E-state index is 11.1. The summed E-state index contributed by atoms with van der Waals surface area (Å²) in [5.41, 5.74) is 0.982. The molecule has 0 aliphatic carbocycles. The van der Waals surface area contributed by atoms with Crippen molar-refractivity contribution in [1.29, 1.82) is 0 Å². The molecule has 0 saturated carbocycles. The van der Waals surface area contributed by atoms with Crippen molar-refractivity contribution in [3.05, 3.63) is 29.8 Å². The van der Waals surface area contributed by atoms with E-state index in [0.717, 1.165) is 5.56 Å². The molecule has 0 aliphatic heterocycles. The lowest BCUT2D eigenvalue weighted by Crippen LogP contribution is -2.19. The minimum absolute atomic E-state index is 0.288. The van der Waals surface area contributed by atoms with Crippen molar-refractivity contribution < 1.29 is 14.3 Å². The summed E-state index contributed by atoms with van der Waals surface area (Å²) in [5, 5.41) is 2.86. The van der Waals surface area contributed by atoms with Gasteiger partial charge < -0.3 is 14.8 Å². The Labute approximate surface area is 96.3 Å². The fourth-order valence-electron chi connectivity index (χ4n) is 1.06. The first-order valence-corrected chi connectivity index (χ1v) is 5.04. The lowest BCUT2D eigenvalue weighted by molar-refractivity contribution is 0.100. The van der Waals surface area contributed by atoms with Gasteiger partial charge in [-0.2, -0.15) is 0 Å². The van der Waals surface area contributed by atoms with E-state index in [4.69, 9.17) is 17.3 Å². The molecule has 0 unspecified atom stereocenters. The molecule has 0 spiro atoms. The van der Waals surface area contributed by atoms with Gasteiger partial charge in [0.05, 0.1) is 7.85 Å². The predicted molar refractivity (Wildman–Crippen MR) is 61.8 cm³/mol. The summed E-state index contributed by atoms with van der Waals surface area (Å²) in [6.45, 7) is 0.886. The molecule has 0 atom stereocenters. The van der Waals surface area contributed by atoms with Gasteiger partial charge in [0, 0.05) is 6.54 Å². The number of likely N-dealkylation sites (N-methyl/N-ethyl adjacent to an activating group) is 1. The fourth-order valence-corrected chi connectivity index (χ4v) is 1.06. The third kappa shape index (κ3) is 4.36. The molecule has 1 aromatic rings. The van der Waals surface area contributed by atoms with E-state index in [-0.39, 0.29) is 6.61 Å². The van der Waals surface area contributed by atoms with Crippen LogP contribution in [-0.2, 0) is 11.1 Å². The highest BCUT2D eigenvalue weighted by Gasteiger charge is 2.04. The molecule has 1 rings (SSSR count). The molecule has 0 aromatic heterocycles. The molecule has 0 heterocycles. The number of nitrogens with one attached hydrogen (secondary N) is 1. The molecule has 0 aliphatic rings. The number of carbonyl (C=O) groups is 1. The third-order valence-electron chi connectivity index (χ3n) is 1.93. The average Bonchev–Trinajstić information content (AvgIpc) is 2.30. The molecule has 0 amide bonds. The third-order valence-corrected chi connectivity index (χ3v) is 1.93. The zero-order valence-electron chi connectivity index (χ0n) is 9.23. The number of carbonyl (C=O) groups excluding carboxylic acids is 1. The Morgan fingerprint density at radius 3 is 2.62 bits per heavy atom. The number of hydrogen-bond acceptors (Lipinski definition) is 4. The van der Waals surface area contributed by atoms with Gasteiger partial charge in [0.1, 0.15) is 12.4 Å². The minimum Gasteiger partial charge on any atom is -0.433 e. The van der Waals surface area contributed by atoms with Crippen LogP contribution in [0, 0.1) is 0 Å². The van der Waals surface area contributed by atoms with Gasteiger partial charge in [0.25, 0.3) is 0 Å². The van der Waals surface area contributed by atoms with Gasteiger partial charge in [-0.15, -0.1) is 0 Å². The normalized spacial score (nSPS) is 9.81. The molecular formula is C11H14BNO3. The van der Waals surface area contributed by atoms with Crippen molar-refractivity contribution in [3.8, 4) is 5.75 Å². The van der Waals surface area contributed by atoms with Crippen molar-refractivity contribution in [3.63, 3.8) is 0 Å². The van der Waals surface area contributed by atoms with Crippen LogP contribution >= 0.6 is 0 Å². The summed E-state index contributed by atoms with van der Waals surface area (Å²) in [5.74, 6) is 0.451. The molecule has 0 bridgehead atoms. The van der Waals surface area contributed by atoms with Crippen molar-refractivity contribution in [2.75, 3.05) is 20.2 Å². The van der Waals surface area contributed by atoms with Gasteiger partial charge in [-0.25, -0.2) is 4.79 Å². The molecule has 0 fully saturated rings. The van der Waals surface area contributed by atoms with Crippen LogP contribution in [0.4, 0.5) is 4.79 Å². The maximum Gasteiger partial charge on any atom is 0.513 e. The Morgan fingerprint density at radius 1 is 1.38 bits per heavy atom. The summed E-state index contributed by atoms with van der Waals surface area (Å²) < 4.78 is 9.73. The van der Waals surface area contributed by atoms with Gasteiger partial charge in [-0.3, -0.25) is 0 Å². The van der Waals surface area contributed by atoms with Gasteiger partial charge in [-0.1, -0.05) is 24.0 Å². The van der Waals surface area contributed by atoms with Gasteiger partial charge in [0.2, 0.25) is 0 Å². The second kappa shape index (κ2) is 6.90. The number of ether oxygens (including phenoxy) is 2. The van der Waals surface area contributed by atoms with E-state index in [1.807, 2.05) is 0 Å². The van der Waals surface area contributed by atoms with E-state index in [9.17, 15) is 4.79 Å². The average molecular weight is 219 g/mol. The van der Waals surface area contributed by atoms with Crippen molar-refractivity contribution in [2.45, 2.75) is 6.32 Å². The molecule has 1 aromatic carbocycles. The van der Waals surface area contributed by atoms with E-state index in [0.29, 0.717) is 18.6 Å². The SMILES string of the molecule is [B]Cc1ccc(OC(=O)OCCNC)cc1. The highest BCUT2D eigenvalue weighted by atomic mass is 16.7.